The average molecular weight is 282 g/mol. The van der Waals surface area contributed by atoms with Crippen LogP contribution in [-0.4, -0.2) is 25.8 Å². The van der Waals surface area contributed by atoms with Crippen LogP contribution in [0.3, 0.4) is 0 Å². The van der Waals surface area contributed by atoms with Gasteiger partial charge in [0.25, 0.3) is 5.69 Å². The van der Waals surface area contributed by atoms with Gasteiger partial charge in [-0.15, -0.1) is 0 Å². The van der Waals surface area contributed by atoms with Gasteiger partial charge < -0.3 is 5.11 Å². The first-order chi connectivity index (χ1) is 8.90. The Bertz CT molecular complexity index is 661. The fraction of sp³-hybridized carbons (Fsp3) is 0.0909. The first kappa shape index (κ1) is 13.0. The van der Waals surface area contributed by atoms with Crippen molar-refractivity contribution in [2.75, 3.05) is 0 Å². The molecule has 19 heavy (non-hydrogen) atoms. The highest BCUT2D eigenvalue weighted by atomic mass is 35.5. The normalized spacial score (nSPS) is 10.4. The lowest BCUT2D eigenvalue weighted by molar-refractivity contribution is -0.384. The number of carbonyl (C=O) groups is 1. The van der Waals surface area contributed by atoms with Crippen molar-refractivity contribution in [2.24, 2.45) is 0 Å². The zero-order valence-electron chi connectivity index (χ0n) is 9.70. The summed E-state index contributed by atoms with van der Waals surface area (Å²) in [4.78, 5) is 21.3. The molecule has 1 aromatic heterocycles. The molecule has 0 aliphatic carbocycles. The number of halogens is 1. The number of aromatic nitrogens is 2. The molecule has 7 nitrogen and oxygen atoms in total. The van der Waals surface area contributed by atoms with Crippen LogP contribution in [0.25, 0.3) is 5.69 Å². The highest BCUT2D eigenvalue weighted by Crippen LogP contribution is 2.25. The number of aryl methyl sites for hydroxylation is 1. The van der Waals surface area contributed by atoms with Gasteiger partial charge in [0.15, 0.2) is 0 Å². The van der Waals surface area contributed by atoms with E-state index in [9.17, 15) is 14.9 Å². The lowest BCUT2D eigenvalue weighted by Gasteiger charge is -2.04. The van der Waals surface area contributed by atoms with Crippen molar-refractivity contribution in [2.45, 2.75) is 6.92 Å². The minimum absolute atomic E-state index is 0.0555. The van der Waals surface area contributed by atoms with Gasteiger partial charge in [-0.1, -0.05) is 11.6 Å². The smallest absolute Gasteiger partial charge is 0.335 e. The van der Waals surface area contributed by atoms with Crippen LogP contribution >= 0.6 is 11.6 Å². The van der Waals surface area contributed by atoms with E-state index in [1.165, 1.54) is 23.0 Å². The number of nitrogens with zero attached hydrogens (tertiary/aromatic N) is 3. The Balaban J connectivity index is 2.67. The van der Waals surface area contributed by atoms with Gasteiger partial charge in [-0.05, 0) is 19.1 Å². The van der Waals surface area contributed by atoms with Gasteiger partial charge in [0.2, 0.25) is 0 Å². The minimum Gasteiger partial charge on any atom is -0.478 e. The maximum Gasteiger partial charge on any atom is 0.335 e. The Hall–Kier alpha value is -2.41. The van der Waals surface area contributed by atoms with Crippen molar-refractivity contribution >= 4 is 23.3 Å². The molecule has 1 aromatic carbocycles. The van der Waals surface area contributed by atoms with E-state index in [1.807, 2.05) is 0 Å². The number of benzene rings is 1. The summed E-state index contributed by atoms with van der Waals surface area (Å²) in [5, 5.41) is 24.2. The van der Waals surface area contributed by atoms with Gasteiger partial charge in [0.05, 0.1) is 21.2 Å². The first-order valence-corrected chi connectivity index (χ1v) is 5.52. The molecule has 0 amide bonds. The van der Waals surface area contributed by atoms with E-state index in [0.717, 1.165) is 6.07 Å². The lowest BCUT2D eigenvalue weighted by Crippen LogP contribution is -2.04. The Labute approximate surface area is 112 Å². The minimum atomic E-state index is -1.17. The quantitative estimate of drug-likeness (QED) is 0.688. The summed E-state index contributed by atoms with van der Waals surface area (Å²) in [6.07, 6.45) is 1.39. The van der Waals surface area contributed by atoms with Crippen molar-refractivity contribution in [3.05, 3.63) is 50.8 Å². The number of rotatable bonds is 3. The summed E-state index contributed by atoms with van der Waals surface area (Å²) in [6, 6.07) is 3.48. The fourth-order valence-electron chi connectivity index (χ4n) is 1.56. The summed E-state index contributed by atoms with van der Waals surface area (Å²) in [7, 11) is 0. The zero-order valence-corrected chi connectivity index (χ0v) is 10.5. The molecule has 98 valence electrons. The second-order valence-corrected chi connectivity index (χ2v) is 4.18. The third-order valence-electron chi connectivity index (χ3n) is 2.50. The van der Waals surface area contributed by atoms with E-state index >= 15 is 0 Å². The number of carboxylic acids is 1. The van der Waals surface area contributed by atoms with Crippen molar-refractivity contribution in [1.82, 2.24) is 9.78 Å². The molecular formula is C11H8ClN3O4. The Morgan fingerprint density at radius 2 is 2.21 bits per heavy atom. The number of hydrogen-bond donors (Lipinski definition) is 1. The molecule has 0 saturated heterocycles. The second kappa shape index (κ2) is 4.69. The van der Waals surface area contributed by atoms with Crippen molar-refractivity contribution in [3.8, 4) is 5.69 Å². The topological polar surface area (TPSA) is 98.3 Å². The van der Waals surface area contributed by atoms with E-state index in [-0.39, 0.29) is 16.9 Å². The van der Waals surface area contributed by atoms with Crippen molar-refractivity contribution < 1.29 is 14.8 Å². The van der Waals surface area contributed by atoms with Crippen LogP contribution in [0.5, 0.6) is 0 Å². The number of aromatic carboxylic acids is 1. The van der Waals surface area contributed by atoms with Crippen LogP contribution in [0.2, 0.25) is 5.02 Å². The molecule has 2 aromatic rings. The van der Waals surface area contributed by atoms with Crippen molar-refractivity contribution in [1.29, 1.82) is 0 Å². The van der Waals surface area contributed by atoms with Crippen LogP contribution in [0.4, 0.5) is 5.69 Å². The SMILES string of the molecule is Cc1nn(-c2cc(C(=O)O)ccc2[N+](=O)[O-])cc1Cl. The molecule has 0 radical (unpaired) electrons. The van der Waals surface area contributed by atoms with E-state index < -0.39 is 10.9 Å². The van der Waals surface area contributed by atoms with Gasteiger partial charge >= 0.3 is 5.97 Å². The van der Waals surface area contributed by atoms with Gasteiger partial charge in [-0.2, -0.15) is 5.10 Å². The summed E-state index contributed by atoms with van der Waals surface area (Å²) < 4.78 is 1.20. The van der Waals surface area contributed by atoms with Crippen LogP contribution < -0.4 is 0 Å². The van der Waals surface area contributed by atoms with Crippen LogP contribution in [0, 0.1) is 17.0 Å². The fourth-order valence-corrected chi connectivity index (χ4v) is 1.69. The maximum atomic E-state index is 11.0. The van der Waals surface area contributed by atoms with E-state index in [0.29, 0.717) is 10.7 Å². The summed E-state index contributed by atoms with van der Waals surface area (Å²) in [6.45, 7) is 1.64. The van der Waals surface area contributed by atoms with Crippen molar-refractivity contribution in [3.63, 3.8) is 0 Å². The zero-order chi connectivity index (χ0) is 14.2. The van der Waals surface area contributed by atoms with Gasteiger partial charge in [-0.25, -0.2) is 9.48 Å². The largest absolute Gasteiger partial charge is 0.478 e. The van der Waals surface area contributed by atoms with Gasteiger partial charge in [0, 0.05) is 12.3 Å². The van der Waals surface area contributed by atoms with E-state index in [4.69, 9.17) is 16.7 Å². The van der Waals surface area contributed by atoms with Crippen LogP contribution in [-0.2, 0) is 0 Å². The van der Waals surface area contributed by atoms with Crippen LogP contribution in [0.1, 0.15) is 16.1 Å². The molecule has 0 unspecified atom stereocenters. The molecule has 8 heteroatoms. The third kappa shape index (κ3) is 2.41. The van der Waals surface area contributed by atoms with E-state index in [1.54, 1.807) is 6.92 Å². The monoisotopic (exact) mass is 281 g/mol. The molecule has 0 aliphatic rings. The molecular weight excluding hydrogens is 274 g/mol. The standard InChI is InChI=1S/C11H8ClN3O4/c1-6-8(12)5-14(13-6)10-4-7(11(16)17)2-3-9(10)15(18)19/h2-5H,1H3,(H,16,17). The van der Waals surface area contributed by atoms with Gasteiger partial charge in [0.1, 0.15) is 5.69 Å². The molecule has 0 saturated carbocycles. The number of hydrogen-bond acceptors (Lipinski definition) is 4. The molecule has 1 heterocycles. The molecule has 0 bridgehead atoms. The lowest BCUT2D eigenvalue weighted by atomic mass is 10.2. The summed E-state index contributed by atoms with van der Waals surface area (Å²) in [5.41, 5.74) is 0.241. The molecule has 0 aliphatic heterocycles. The predicted octanol–water partition coefficient (Wildman–Crippen LogP) is 2.44. The molecule has 0 fully saturated rings. The van der Waals surface area contributed by atoms with Crippen LogP contribution in [0.15, 0.2) is 24.4 Å². The molecule has 0 atom stereocenters. The molecule has 2 rings (SSSR count). The number of nitro benzene ring substituents is 1. The number of nitro groups is 1. The third-order valence-corrected chi connectivity index (χ3v) is 2.88. The average Bonchev–Trinajstić information content (AvgIpc) is 2.68. The summed E-state index contributed by atoms with van der Waals surface area (Å²) >= 11 is 5.84. The Kier molecular flexibility index (Phi) is 3.22. The van der Waals surface area contributed by atoms with E-state index in [2.05, 4.69) is 5.10 Å². The second-order valence-electron chi connectivity index (χ2n) is 3.77. The highest BCUT2D eigenvalue weighted by molar-refractivity contribution is 6.31. The molecule has 0 spiro atoms. The maximum absolute atomic E-state index is 11.0. The summed E-state index contributed by atoms with van der Waals surface area (Å²) in [5.74, 6) is -1.17. The predicted molar refractivity (Wildman–Crippen MR) is 66.9 cm³/mol. The molecule has 1 N–H and O–H groups in total. The Morgan fingerprint density at radius 3 is 2.68 bits per heavy atom. The highest BCUT2D eigenvalue weighted by Gasteiger charge is 2.19. The first-order valence-electron chi connectivity index (χ1n) is 5.14. The number of carboxylic acid groups (broad SMARTS) is 1. The Morgan fingerprint density at radius 1 is 1.53 bits per heavy atom. The van der Waals surface area contributed by atoms with Gasteiger partial charge in [-0.3, -0.25) is 10.1 Å².